The summed E-state index contributed by atoms with van der Waals surface area (Å²) in [4.78, 5) is 11.9. The van der Waals surface area contributed by atoms with Gasteiger partial charge in [0, 0.05) is 45.1 Å². The first-order valence-corrected chi connectivity index (χ1v) is 19.4. The van der Waals surface area contributed by atoms with Crippen LogP contribution in [0, 0.1) is 5.41 Å². The molecule has 0 spiro atoms. The van der Waals surface area contributed by atoms with E-state index in [1.807, 2.05) is 66.9 Å². The predicted molar refractivity (Wildman–Crippen MR) is 244 cm³/mol. The summed E-state index contributed by atoms with van der Waals surface area (Å²) in [7, 11) is 0. The highest BCUT2D eigenvalue weighted by Gasteiger charge is 2.22. The summed E-state index contributed by atoms with van der Waals surface area (Å²) >= 11 is 0. The van der Waals surface area contributed by atoms with Crippen LogP contribution in [0.1, 0.15) is 27.8 Å². The van der Waals surface area contributed by atoms with Crippen LogP contribution in [0.3, 0.4) is 0 Å². The number of fused-ring (bicyclic) bond motifs is 5. The summed E-state index contributed by atoms with van der Waals surface area (Å²) in [6.45, 7) is 0. The van der Waals surface area contributed by atoms with Gasteiger partial charge in [0.1, 0.15) is 0 Å². The van der Waals surface area contributed by atoms with Gasteiger partial charge >= 0.3 is 0 Å². The van der Waals surface area contributed by atoms with E-state index in [1.54, 1.807) is 0 Å². The van der Waals surface area contributed by atoms with Crippen LogP contribution < -0.4 is 4.90 Å². The fourth-order valence-electron chi connectivity index (χ4n) is 7.98. The Labute approximate surface area is 337 Å². The maximum Gasteiger partial charge on any atom is 0.161 e. The number of rotatable bonds is 6. The first-order chi connectivity index (χ1) is 28.7. The molecule has 0 atom stereocenters. The Kier molecular flexibility index (Phi) is 8.93. The number of amidine groups is 2. The van der Waals surface area contributed by atoms with Gasteiger partial charge in [0.2, 0.25) is 0 Å². The van der Waals surface area contributed by atoms with Gasteiger partial charge in [-0.1, -0.05) is 164 Å². The third kappa shape index (κ3) is 6.41. The van der Waals surface area contributed by atoms with Crippen molar-refractivity contribution in [3.63, 3.8) is 0 Å². The van der Waals surface area contributed by atoms with Crippen LogP contribution >= 0.6 is 0 Å². The summed E-state index contributed by atoms with van der Waals surface area (Å²) in [6, 6.07) is 69.1. The van der Waals surface area contributed by atoms with E-state index >= 15 is 0 Å². The minimum Gasteiger partial charge on any atom is -0.309 e. The number of aliphatic imine (C=N–C) groups is 2. The average Bonchev–Trinajstić information content (AvgIpc) is 3.54. The van der Waals surface area contributed by atoms with Crippen molar-refractivity contribution in [3.8, 4) is 16.8 Å². The second-order valence-electron chi connectivity index (χ2n) is 14.3. The Morgan fingerprint density at radius 3 is 1.97 bits per heavy atom. The summed E-state index contributed by atoms with van der Waals surface area (Å²) in [5.41, 5.74) is 13.8. The van der Waals surface area contributed by atoms with E-state index in [2.05, 4.69) is 166 Å². The van der Waals surface area contributed by atoms with Gasteiger partial charge in [0.25, 0.3) is 0 Å². The van der Waals surface area contributed by atoms with E-state index in [0.29, 0.717) is 5.84 Å². The van der Waals surface area contributed by atoms with Crippen molar-refractivity contribution in [3.05, 3.63) is 228 Å². The van der Waals surface area contributed by atoms with Gasteiger partial charge in [0.05, 0.1) is 22.4 Å². The molecule has 8 aromatic carbocycles. The molecule has 0 radical (unpaired) electrons. The largest absolute Gasteiger partial charge is 0.309 e. The highest BCUT2D eigenvalue weighted by molar-refractivity contribution is 6.15. The molecule has 0 fully saturated rings. The van der Waals surface area contributed by atoms with Gasteiger partial charge in [-0.2, -0.15) is 0 Å². The summed E-state index contributed by atoms with van der Waals surface area (Å²) in [5.74, 6) is 0.635. The maximum atomic E-state index is 8.73. The molecule has 58 heavy (non-hydrogen) atoms. The molecule has 1 N–H and O–H groups in total. The zero-order chi connectivity index (χ0) is 38.8. The van der Waals surface area contributed by atoms with Crippen LogP contribution in [0.25, 0.3) is 50.8 Å². The molecule has 1 aliphatic heterocycles. The van der Waals surface area contributed by atoms with Crippen LogP contribution in [-0.2, 0) is 0 Å². The van der Waals surface area contributed by atoms with E-state index in [1.165, 1.54) is 27.4 Å². The molecular formula is C53H37N5. The highest BCUT2D eigenvalue weighted by atomic mass is 15.1. The molecule has 0 bridgehead atoms. The van der Waals surface area contributed by atoms with Crippen molar-refractivity contribution in [1.82, 2.24) is 4.57 Å². The third-order valence-corrected chi connectivity index (χ3v) is 10.7. The van der Waals surface area contributed by atoms with Crippen molar-refractivity contribution < 1.29 is 0 Å². The van der Waals surface area contributed by atoms with Crippen molar-refractivity contribution in [2.75, 3.05) is 4.90 Å². The Bertz CT molecular complexity index is 3070. The van der Waals surface area contributed by atoms with Gasteiger partial charge in [-0.3, -0.25) is 5.41 Å². The number of para-hydroxylation sites is 4. The van der Waals surface area contributed by atoms with Crippen molar-refractivity contribution in [2.45, 2.75) is 0 Å². The fourth-order valence-corrected chi connectivity index (χ4v) is 7.98. The quantitative estimate of drug-likeness (QED) is 0.134. The lowest BCUT2D eigenvalue weighted by Crippen LogP contribution is -2.12. The molecule has 0 unspecified atom stereocenters. The molecule has 1 aromatic heterocycles. The molecule has 5 nitrogen and oxygen atoms in total. The standard InChI is InChI=1S/C53H37N5/c54-52(39-18-4-1-5-19-39)56-53(40-20-6-2-7-21-40)55-36-37-16-14-24-44(34-37)57-48-28-12-10-17-38(48)30-31-42-35-41(32-33-49(42)57)45-26-15-27-47-46-25-11-13-29-50(46)58(51(45)47)43-22-8-3-9-23-43/h1-36,54H. The Hall–Kier alpha value is -7.89. The zero-order valence-electron chi connectivity index (χ0n) is 31.6. The predicted octanol–water partition coefficient (Wildman–Crippen LogP) is 13.3. The number of nitrogens with one attached hydrogen (secondary N) is 1. The number of hydrogen-bond acceptors (Lipinski definition) is 2. The molecular weight excluding hydrogens is 707 g/mol. The summed E-state index contributed by atoms with van der Waals surface area (Å²) in [6.07, 6.45) is 6.29. The van der Waals surface area contributed by atoms with Gasteiger partial charge in [-0.15, -0.1) is 0 Å². The number of anilines is 3. The first-order valence-electron chi connectivity index (χ1n) is 19.4. The molecule has 0 saturated carbocycles. The monoisotopic (exact) mass is 743 g/mol. The number of hydrogen-bond donors (Lipinski definition) is 1. The van der Waals surface area contributed by atoms with Crippen LogP contribution in [0.2, 0.25) is 0 Å². The van der Waals surface area contributed by atoms with Crippen LogP contribution in [0.4, 0.5) is 17.1 Å². The molecule has 0 saturated heterocycles. The summed E-state index contributed by atoms with van der Waals surface area (Å²) < 4.78 is 2.40. The fraction of sp³-hybridized carbons (Fsp3) is 0. The Balaban J connectivity index is 1.07. The number of nitrogens with zero attached hydrogens (tertiary/aromatic N) is 4. The van der Waals surface area contributed by atoms with Crippen LogP contribution in [0.15, 0.2) is 210 Å². The third-order valence-electron chi connectivity index (χ3n) is 10.7. The summed E-state index contributed by atoms with van der Waals surface area (Å²) in [5, 5.41) is 11.2. The number of aromatic nitrogens is 1. The molecule has 5 heteroatoms. The molecule has 0 aliphatic carbocycles. The molecule has 1 aliphatic rings. The van der Waals surface area contributed by atoms with E-state index in [4.69, 9.17) is 10.4 Å². The normalized spacial score (nSPS) is 12.5. The van der Waals surface area contributed by atoms with Crippen molar-refractivity contribution >= 4 is 68.9 Å². The second kappa shape index (κ2) is 15.0. The highest BCUT2D eigenvalue weighted by Crippen LogP contribution is 2.45. The van der Waals surface area contributed by atoms with Crippen LogP contribution in [-0.4, -0.2) is 22.5 Å². The van der Waals surface area contributed by atoms with Gasteiger partial charge in [-0.05, 0) is 70.8 Å². The Morgan fingerprint density at radius 1 is 0.500 bits per heavy atom. The van der Waals surface area contributed by atoms with E-state index in [0.717, 1.165) is 56.1 Å². The van der Waals surface area contributed by atoms with E-state index in [-0.39, 0.29) is 5.84 Å². The van der Waals surface area contributed by atoms with Gasteiger partial charge < -0.3 is 9.47 Å². The minimum absolute atomic E-state index is 0.160. The van der Waals surface area contributed by atoms with Crippen molar-refractivity contribution in [2.24, 2.45) is 9.98 Å². The van der Waals surface area contributed by atoms with Crippen molar-refractivity contribution in [1.29, 1.82) is 5.41 Å². The molecule has 274 valence electrons. The van der Waals surface area contributed by atoms with Crippen LogP contribution in [0.5, 0.6) is 0 Å². The second-order valence-corrected chi connectivity index (χ2v) is 14.3. The molecule has 0 amide bonds. The number of benzene rings is 8. The topological polar surface area (TPSA) is 56.7 Å². The minimum atomic E-state index is 0.160. The van der Waals surface area contributed by atoms with E-state index in [9.17, 15) is 0 Å². The smallest absolute Gasteiger partial charge is 0.161 e. The first kappa shape index (κ1) is 34.6. The lowest BCUT2D eigenvalue weighted by atomic mass is 9.98. The average molecular weight is 744 g/mol. The molecule has 10 rings (SSSR count). The SMILES string of the molecule is N=C(N=C(N=Cc1cccc(N2c3ccccc3C=Cc3cc(-c4cccc5c6ccccc6n(-c6ccccc6)c45)ccc32)c1)c1ccccc1)c1ccccc1. The molecule has 9 aromatic rings. The maximum absolute atomic E-state index is 8.73. The van der Waals surface area contributed by atoms with Gasteiger partial charge in [-0.25, -0.2) is 9.98 Å². The lowest BCUT2D eigenvalue weighted by Gasteiger charge is -2.27. The van der Waals surface area contributed by atoms with E-state index < -0.39 is 0 Å². The Morgan fingerprint density at radius 2 is 1.14 bits per heavy atom. The lowest BCUT2D eigenvalue weighted by molar-refractivity contribution is 1.18. The molecule has 2 heterocycles. The zero-order valence-corrected chi connectivity index (χ0v) is 31.6. The van der Waals surface area contributed by atoms with Gasteiger partial charge in [0.15, 0.2) is 11.7 Å².